The van der Waals surface area contributed by atoms with Crippen LogP contribution in [0.1, 0.15) is 49.3 Å². The van der Waals surface area contributed by atoms with Crippen LogP contribution in [0.15, 0.2) is 18.2 Å². The number of benzene rings is 1. The molecule has 16 heavy (non-hydrogen) atoms. The zero-order chi connectivity index (χ0) is 11.5. The largest absolute Gasteiger partial charge is 0.324 e. The van der Waals surface area contributed by atoms with Gasteiger partial charge in [-0.2, -0.15) is 0 Å². The first-order valence-electron chi connectivity index (χ1n) is 6.19. The van der Waals surface area contributed by atoms with Crippen LogP contribution in [0.4, 0.5) is 0 Å². The normalized spacial score (nSPS) is 18.9. The Kier molecular flexibility index (Phi) is 3.88. The third-order valence-corrected chi connectivity index (χ3v) is 4.20. The molecule has 2 heteroatoms. The summed E-state index contributed by atoms with van der Waals surface area (Å²) in [6.07, 6.45) is 6.52. The molecule has 0 aromatic heterocycles. The van der Waals surface area contributed by atoms with E-state index in [9.17, 15) is 0 Å². The van der Waals surface area contributed by atoms with Crippen LogP contribution < -0.4 is 5.73 Å². The first kappa shape index (κ1) is 11.9. The van der Waals surface area contributed by atoms with Crippen molar-refractivity contribution in [3.05, 3.63) is 34.3 Å². The predicted molar refractivity (Wildman–Crippen MR) is 69.7 cm³/mol. The summed E-state index contributed by atoms with van der Waals surface area (Å²) in [7, 11) is 0. The van der Waals surface area contributed by atoms with E-state index in [2.05, 4.69) is 6.07 Å². The Morgan fingerprint density at radius 2 is 2.06 bits per heavy atom. The molecule has 1 aliphatic carbocycles. The van der Waals surface area contributed by atoms with Gasteiger partial charge in [0, 0.05) is 11.1 Å². The molecular formula is C14H20ClN. The maximum atomic E-state index is 6.29. The van der Waals surface area contributed by atoms with E-state index < -0.39 is 0 Å². The molecule has 1 saturated carbocycles. The molecule has 88 valence electrons. The average Bonchev–Trinajstić information content (AvgIpc) is 2.74. The summed E-state index contributed by atoms with van der Waals surface area (Å²) >= 11 is 6.29. The molecule has 1 aromatic carbocycles. The lowest BCUT2D eigenvalue weighted by molar-refractivity contribution is 0.451. The van der Waals surface area contributed by atoms with Crippen LogP contribution in [-0.4, -0.2) is 0 Å². The molecule has 0 heterocycles. The maximum Gasteiger partial charge on any atom is 0.0482 e. The van der Waals surface area contributed by atoms with E-state index in [1.807, 2.05) is 19.1 Å². The quantitative estimate of drug-likeness (QED) is 0.837. The number of hydrogen-bond acceptors (Lipinski definition) is 1. The van der Waals surface area contributed by atoms with Gasteiger partial charge >= 0.3 is 0 Å². The van der Waals surface area contributed by atoms with Crippen molar-refractivity contribution in [1.82, 2.24) is 0 Å². The molecule has 1 nitrogen and oxygen atoms in total. The fraction of sp³-hybridized carbons (Fsp3) is 0.571. The molecule has 0 aliphatic heterocycles. The van der Waals surface area contributed by atoms with Gasteiger partial charge in [-0.15, -0.1) is 0 Å². The van der Waals surface area contributed by atoms with Gasteiger partial charge in [0.05, 0.1) is 0 Å². The van der Waals surface area contributed by atoms with Gasteiger partial charge in [0.1, 0.15) is 0 Å². The van der Waals surface area contributed by atoms with Crippen LogP contribution in [0, 0.1) is 12.8 Å². The third-order valence-electron chi connectivity index (χ3n) is 3.68. The Bertz CT molecular complexity index is 356. The van der Waals surface area contributed by atoms with Crippen molar-refractivity contribution in [3.63, 3.8) is 0 Å². The van der Waals surface area contributed by atoms with Gasteiger partial charge in [-0.1, -0.05) is 55.5 Å². The topological polar surface area (TPSA) is 26.0 Å². The number of nitrogens with two attached hydrogens (primary N) is 1. The van der Waals surface area contributed by atoms with Crippen LogP contribution >= 0.6 is 11.6 Å². The van der Waals surface area contributed by atoms with Crippen LogP contribution in [0.5, 0.6) is 0 Å². The molecule has 0 bridgehead atoms. The second-order valence-electron chi connectivity index (χ2n) is 4.97. The second-order valence-corrected chi connectivity index (χ2v) is 5.35. The molecule has 1 aliphatic rings. The van der Waals surface area contributed by atoms with Crippen molar-refractivity contribution in [2.24, 2.45) is 11.7 Å². The van der Waals surface area contributed by atoms with Crippen LogP contribution in [0.25, 0.3) is 0 Å². The minimum Gasteiger partial charge on any atom is -0.324 e. The highest BCUT2D eigenvalue weighted by atomic mass is 35.5. The van der Waals surface area contributed by atoms with E-state index in [0.717, 1.165) is 28.5 Å². The lowest BCUT2D eigenvalue weighted by Crippen LogP contribution is -2.14. The van der Waals surface area contributed by atoms with Gasteiger partial charge in [-0.25, -0.2) is 0 Å². The second kappa shape index (κ2) is 5.20. The van der Waals surface area contributed by atoms with Crippen molar-refractivity contribution in [2.45, 2.75) is 45.1 Å². The third kappa shape index (κ3) is 2.58. The zero-order valence-corrected chi connectivity index (χ0v) is 10.6. The van der Waals surface area contributed by atoms with Gasteiger partial charge in [0.2, 0.25) is 0 Å². The summed E-state index contributed by atoms with van der Waals surface area (Å²) in [4.78, 5) is 0. The molecule has 1 aromatic rings. The summed E-state index contributed by atoms with van der Waals surface area (Å²) in [6.45, 7) is 2.04. The summed E-state index contributed by atoms with van der Waals surface area (Å²) < 4.78 is 0. The van der Waals surface area contributed by atoms with Gasteiger partial charge in [-0.05, 0) is 30.4 Å². The molecule has 0 spiro atoms. The molecule has 2 rings (SSSR count). The van der Waals surface area contributed by atoms with E-state index in [1.165, 1.54) is 25.7 Å². The minimum atomic E-state index is 0.107. The van der Waals surface area contributed by atoms with Crippen LogP contribution in [0.2, 0.25) is 5.02 Å². The van der Waals surface area contributed by atoms with Gasteiger partial charge in [0.25, 0.3) is 0 Å². The fourth-order valence-corrected chi connectivity index (χ4v) is 2.95. The fourth-order valence-electron chi connectivity index (χ4n) is 2.69. The van der Waals surface area contributed by atoms with E-state index in [1.54, 1.807) is 0 Å². The molecule has 1 unspecified atom stereocenters. The number of aryl methyl sites for hydroxylation is 1. The van der Waals surface area contributed by atoms with Crippen molar-refractivity contribution in [3.8, 4) is 0 Å². The molecule has 1 fully saturated rings. The molecule has 1 atom stereocenters. The van der Waals surface area contributed by atoms with E-state index in [-0.39, 0.29) is 6.04 Å². The summed E-state index contributed by atoms with van der Waals surface area (Å²) in [6, 6.07) is 6.25. The van der Waals surface area contributed by atoms with Gasteiger partial charge < -0.3 is 5.73 Å². The highest BCUT2D eigenvalue weighted by Gasteiger charge is 2.20. The van der Waals surface area contributed by atoms with E-state index in [0.29, 0.717) is 0 Å². The molecule has 0 saturated heterocycles. The minimum absolute atomic E-state index is 0.107. The first-order chi connectivity index (χ1) is 7.68. The van der Waals surface area contributed by atoms with Crippen molar-refractivity contribution in [2.75, 3.05) is 0 Å². The Hall–Kier alpha value is -0.530. The lowest BCUT2D eigenvalue weighted by Gasteiger charge is -2.18. The Labute approximate surface area is 103 Å². The summed E-state index contributed by atoms with van der Waals surface area (Å²) in [5.74, 6) is 0.812. The van der Waals surface area contributed by atoms with Gasteiger partial charge in [-0.3, -0.25) is 0 Å². The van der Waals surface area contributed by atoms with E-state index in [4.69, 9.17) is 17.3 Å². The van der Waals surface area contributed by atoms with Crippen molar-refractivity contribution in [1.29, 1.82) is 0 Å². The highest BCUT2D eigenvalue weighted by molar-refractivity contribution is 6.32. The van der Waals surface area contributed by atoms with E-state index >= 15 is 0 Å². The van der Waals surface area contributed by atoms with Crippen LogP contribution in [-0.2, 0) is 0 Å². The smallest absolute Gasteiger partial charge is 0.0482 e. The summed E-state index contributed by atoms with van der Waals surface area (Å²) in [5.41, 5.74) is 8.51. The SMILES string of the molecule is Cc1cccc(C(N)CC2CCCC2)c1Cl. The average molecular weight is 238 g/mol. The lowest BCUT2D eigenvalue weighted by atomic mass is 9.93. The number of rotatable bonds is 3. The first-order valence-corrected chi connectivity index (χ1v) is 6.57. The number of halogens is 1. The number of hydrogen-bond donors (Lipinski definition) is 1. The zero-order valence-electron chi connectivity index (χ0n) is 9.88. The molecule has 2 N–H and O–H groups in total. The Morgan fingerprint density at radius 1 is 1.38 bits per heavy atom. The Balaban J connectivity index is 2.07. The molecular weight excluding hydrogens is 218 g/mol. The van der Waals surface area contributed by atoms with Crippen molar-refractivity contribution >= 4 is 11.6 Å². The molecule has 0 radical (unpaired) electrons. The highest BCUT2D eigenvalue weighted by Crippen LogP contribution is 2.34. The van der Waals surface area contributed by atoms with Crippen molar-refractivity contribution < 1.29 is 0 Å². The maximum absolute atomic E-state index is 6.29. The predicted octanol–water partition coefficient (Wildman–Crippen LogP) is 4.23. The Morgan fingerprint density at radius 3 is 2.75 bits per heavy atom. The summed E-state index contributed by atoms with van der Waals surface area (Å²) in [5, 5.41) is 0.855. The van der Waals surface area contributed by atoms with Gasteiger partial charge in [0.15, 0.2) is 0 Å². The standard InChI is InChI=1S/C14H20ClN/c1-10-5-4-8-12(14(10)15)13(16)9-11-6-2-3-7-11/h4-5,8,11,13H,2-3,6-7,9,16H2,1H3. The molecule has 0 amide bonds. The van der Waals surface area contributed by atoms with Crippen LogP contribution in [0.3, 0.4) is 0 Å². The monoisotopic (exact) mass is 237 g/mol.